The molecule has 0 aromatic carbocycles. The lowest BCUT2D eigenvalue weighted by atomic mass is 10.1. The van der Waals surface area contributed by atoms with Crippen LogP contribution in [0.1, 0.15) is 71.6 Å². The van der Waals surface area contributed by atoms with Crippen LogP contribution in [0.5, 0.6) is 0 Å². The number of amides is 1. The van der Waals surface area contributed by atoms with Crippen molar-refractivity contribution in [2.24, 2.45) is 0 Å². The first-order valence-electron chi connectivity index (χ1n) is 8.64. The van der Waals surface area contributed by atoms with Gasteiger partial charge >= 0.3 is 12.1 Å². The molecule has 0 rings (SSSR count). The van der Waals surface area contributed by atoms with Crippen molar-refractivity contribution in [2.45, 2.75) is 71.6 Å². The Bertz CT molecular complexity index is 294. The molecule has 0 fully saturated rings. The lowest BCUT2D eigenvalue weighted by molar-refractivity contribution is -0.144. The predicted octanol–water partition coefficient (Wildman–Crippen LogP) is 4.15. The second kappa shape index (κ2) is 14.7. The van der Waals surface area contributed by atoms with Crippen LogP contribution in [-0.4, -0.2) is 43.8 Å². The topological polar surface area (TPSA) is 55.8 Å². The summed E-state index contributed by atoms with van der Waals surface area (Å²) in [5, 5.41) is 0. The first-order chi connectivity index (χ1) is 10.7. The monoisotopic (exact) mass is 315 g/mol. The second-order valence-electron chi connectivity index (χ2n) is 5.53. The average molecular weight is 315 g/mol. The number of esters is 1. The molecule has 0 unspecified atom stereocenters. The molecular formula is C17H33NO4. The molecule has 0 spiro atoms. The molecule has 22 heavy (non-hydrogen) atoms. The van der Waals surface area contributed by atoms with Crippen LogP contribution >= 0.6 is 0 Å². The average Bonchev–Trinajstić information content (AvgIpc) is 2.53. The summed E-state index contributed by atoms with van der Waals surface area (Å²) < 4.78 is 9.73. The normalized spacial score (nSPS) is 10.3. The number of unbranched alkanes of at least 4 members (excludes halogenated alkanes) is 8. The van der Waals surface area contributed by atoms with E-state index < -0.39 is 6.09 Å². The van der Waals surface area contributed by atoms with Crippen molar-refractivity contribution >= 4 is 12.1 Å². The fourth-order valence-corrected chi connectivity index (χ4v) is 2.23. The van der Waals surface area contributed by atoms with Crippen LogP contribution in [0.25, 0.3) is 0 Å². The van der Waals surface area contributed by atoms with Gasteiger partial charge in [0.25, 0.3) is 0 Å². The zero-order valence-corrected chi connectivity index (χ0v) is 14.6. The van der Waals surface area contributed by atoms with Gasteiger partial charge in [0.15, 0.2) is 0 Å². The summed E-state index contributed by atoms with van der Waals surface area (Å²) >= 11 is 0. The largest absolute Gasteiger partial charge is 0.464 e. The van der Waals surface area contributed by atoms with E-state index in [-0.39, 0.29) is 12.5 Å². The third-order valence-electron chi connectivity index (χ3n) is 3.65. The van der Waals surface area contributed by atoms with E-state index in [1.807, 2.05) is 0 Å². The Morgan fingerprint density at radius 1 is 0.864 bits per heavy atom. The Morgan fingerprint density at radius 2 is 1.41 bits per heavy atom. The maximum atomic E-state index is 11.6. The van der Waals surface area contributed by atoms with E-state index in [9.17, 15) is 9.59 Å². The number of hydrogen-bond acceptors (Lipinski definition) is 4. The van der Waals surface area contributed by atoms with Gasteiger partial charge in [-0.05, 0) is 13.3 Å². The molecule has 0 aromatic rings. The van der Waals surface area contributed by atoms with Gasteiger partial charge in [-0.25, -0.2) is 4.79 Å². The maximum absolute atomic E-state index is 11.6. The molecule has 0 saturated carbocycles. The molecule has 5 heteroatoms. The Morgan fingerprint density at radius 3 is 1.91 bits per heavy atom. The van der Waals surface area contributed by atoms with E-state index in [2.05, 4.69) is 11.7 Å². The van der Waals surface area contributed by atoms with E-state index in [0.717, 1.165) is 12.8 Å². The van der Waals surface area contributed by atoms with E-state index in [0.29, 0.717) is 13.2 Å². The van der Waals surface area contributed by atoms with Gasteiger partial charge in [0.05, 0.1) is 13.7 Å². The Hall–Kier alpha value is -1.26. The van der Waals surface area contributed by atoms with Crippen LogP contribution in [0.3, 0.4) is 0 Å². The smallest absolute Gasteiger partial charge is 0.410 e. The van der Waals surface area contributed by atoms with Crippen molar-refractivity contribution in [2.75, 3.05) is 26.8 Å². The molecular weight excluding hydrogens is 282 g/mol. The minimum absolute atomic E-state index is 0.0411. The number of carbonyl (C=O) groups excluding carboxylic acids is 2. The van der Waals surface area contributed by atoms with Gasteiger partial charge < -0.3 is 9.47 Å². The molecule has 0 N–H and O–H groups in total. The van der Waals surface area contributed by atoms with Crippen molar-refractivity contribution in [3.8, 4) is 0 Å². The van der Waals surface area contributed by atoms with Crippen LogP contribution in [-0.2, 0) is 14.3 Å². The van der Waals surface area contributed by atoms with Crippen molar-refractivity contribution in [3.05, 3.63) is 0 Å². The molecule has 0 saturated heterocycles. The number of likely N-dealkylation sites (N-methyl/N-ethyl adjacent to an activating group) is 1. The van der Waals surface area contributed by atoms with Gasteiger partial charge in [-0.15, -0.1) is 0 Å². The highest BCUT2D eigenvalue weighted by molar-refractivity contribution is 5.77. The number of carbonyl (C=O) groups is 2. The SMILES string of the molecule is CCCCCCCCCCCOC(=O)CN(CC)C(=O)OC. The summed E-state index contributed by atoms with van der Waals surface area (Å²) in [6.07, 6.45) is 10.6. The quantitative estimate of drug-likeness (QED) is 0.378. The van der Waals surface area contributed by atoms with Gasteiger partial charge in [-0.3, -0.25) is 9.69 Å². The third-order valence-corrected chi connectivity index (χ3v) is 3.65. The molecule has 0 aliphatic carbocycles. The lowest BCUT2D eigenvalue weighted by Crippen LogP contribution is -2.36. The molecule has 0 atom stereocenters. The van der Waals surface area contributed by atoms with Gasteiger partial charge in [-0.1, -0.05) is 58.3 Å². The van der Waals surface area contributed by atoms with E-state index in [1.165, 1.54) is 57.0 Å². The highest BCUT2D eigenvalue weighted by atomic mass is 16.5. The van der Waals surface area contributed by atoms with E-state index in [4.69, 9.17) is 4.74 Å². The summed E-state index contributed by atoms with van der Waals surface area (Å²) in [5.74, 6) is -0.369. The van der Waals surface area contributed by atoms with Crippen molar-refractivity contribution < 1.29 is 19.1 Å². The molecule has 5 nitrogen and oxygen atoms in total. The fourth-order valence-electron chi connectivity index (χ4n) is 2.23. The molecule has 0 radical (unpaired) electrons. The minimum atomic E-state index is -0.498. The molecule has 130 valence electrons. The van der Waals surface area contributed by atoms with E-state index in [1.54, 1.807) is 6.92 Å². The number of hydrogen-bond donors (Lipinski definition) is 0. The Labute approximate surface area is 135 Å². The van der Waals surface area contributed by atoms with Gasteiger partial charge in [0.2, 0.25) is 0 Å². The maximum Gasteiger partial charge on any atom is 0.410 e. The van der Waals surface area contributed by atoms with Crippen LogP contribution in [0.4, 0.5) is 4.79 Å². The molecule has 0 aliphatic rings. The highest BCUT2D eigenvalue weighted by Crippen LogP contribution is 2.09. The third kappa shape index (κ3) is 11.4. The zero-order valence-electron chi connectivity index (χ0n) is 14.6. The lowest BCUT2D eigenvalue weighted by Gasteiger charge is -2.17. The molecule has 0 heterocycles. The summed E-state index contributed by atoms with van der Waals surface area (Å²) in [6, 6.07) is 0. The van der Waals surface area contributed by atoms with Crippen LogP contribution in [0.15, 0.2) is 0 Å². The molecule has 0 bridgehead atoms. The van der Waals surface area contributed by atoms with Gasteiger partial charge in [0, 0.05) is 6.54 Å². The number of ether oxygens (including phenoxy) is 2. The molecule has 0 aliphatic heterocycles. The van der Waals surface area contributed by atoms with Crippen molar-refractivity contribution in [1.82, 2.24) is 4.90 Å². The van der Waals surface area contributed by atoms with Crippen LogP contribution in [0, 0.1) is 0 Å². The predicted molar refractivity (Wildman–Crippen MR) is 87.8 cm³/mol. The molecule has 0 aromatic heterocycles. The summed E-state index contributed by atoms with van der Waals surface area (Å²) in [6.45, 7) is 4.85. The van der Waals surface area contributed by atoms with Crippen LogP contribution in [0.2, 0.25) is 0 Å². The first-order valence-corrected chi connectivity index (χ1v) is 8.64. The highest BCUT2D eigenvalue weighted by Gasteiger charge is 2.16. The number of methoxy groups -OCH3 is 1. The zero-order chi connectivity index (χ0) is 16.6. The van der Waals surface area contributed by atoms with Gasteiger partial charge in [-0.2, -0.15) is 0 Å². The first kappa shape index (κ1) is 20.7. The van der Waals surface area contributed by atoms with Crippen molar-refractivity contribution in [1.29, 1.82) is 0 Å². The number of rotatable bonds is 13. The van der Waals surface area contributed by atoms with Crippen LogP contribution < -0.4 is 0 Å². The number of nitrogens with zero attached hydrogens (tertiary/aromatic N) is 1. The standard InChI is InChI=1S/C17H33NO4/c1-4-6-7-8-9-10-11-12-13-14-22-16(19)15-18(5-2)17(20)21-3/h4-15H2,1-3H3. The van der Waals surface area contributed by atoms with Gasteiger partial charge in [0.1, 0.15) is 6.54 Å². The van der Waals surface area contributed by atoms with E-state index >= 15 is 0 Å². The second-order valence-corrected chi connectivity index (χ2v) is 5.53. The summed E-state index contributed by atoms with van der Waals surface area (Å²) in [5.41, 5.74) is 0. The summed E-state index contributed by atoms with van der Waals surface area (Å²) in [4.78, 5) is 24.2. The Kier molecular flexibility index (Phi) is 13.8. The summed E-state index contributed by atoms with van der Waals surface area (Å²) in [7, 11) is 1.30. The Balaban J connectivity index is 3.47. The van der Waals surface area contributed by atoms with Crippen molar-refractivity contribution in [3.63, 3.8) is 0 Å². The fraction of sp³-hybridized carbons (Fsp3) is 0.882. The minimum Gasteiger partial charge on any atom is -0.464 e. The molecule has 1 amide bonds.